The van der Waals surface area contributed by atoms with Gasteiger partial charge in [-0.05, 0) is 25.1 Å². The van der Waals surface area contributed by atoms with Crippen LogP contribution in [0.1, 0.15) is 5.56 Å². The number of hydrogen-bond acceptors (Lipinski definition) is 4. The van der Waals surface area contributed by atoms with Crippen molar-refractivity contribution in [3.05, 3.63) is 54.1 Å². The standard InChI is InChI=1S/C7H8.C6H8N2O3S.Al/c1-7-5-3-2-4-6-7;7-4-1-2-6(5(8)3-4)12(9,10)11;/h2-6H,1H3;1-3H,7-8H2,(H,9,10,11);. The first-order valence-electron chi connectivity index (χ1n) is 5.45. The van der Waals surface area contributed by atoms with E-state index in [1.54, 1.807) is 0 Å². The molecule has 2 aromatic rings. The van der Waals surface area contributed by atoms with E-state index >= 15 is 0 Å². The summed E-state index contributed by atoms with van der Waals surface area (Å²) in [5.74, 6) is 0. The van der Waals surface area contributed by atoms with Crippen LogP contribution in [0.2, 0.25) is 0 Å². The fourth-order valence-electron chi connectivity index (χ4n) is 1.34. The van der Waals surface area contributed by atoms with Gasteiger partial charge >= 0.3 is 0 Å². The van der Waals surface area contributed by atoms with Crippen LogP contribution in [0.15, 0.2) is 53.4 Å². The first kappa shape index (κ1) is 18.5. The van der Waals surface area contributed by atoms with Crippen LogP contribution >= 0.6 is 0 Å². The van der Waals surface area contributed by atoms with Gasteiger partial charge in [0.15, 0.2) is 0 Å². The number of aryl methyl sites for hydroxylation is 1. The maximum atomic E-state index is 10.6. The molecule has 0 saturated heterocycles. The molecule has 0 atom stereocenters. The molecule has 0 amide bonds. The van der Waals surface area contributed by atoms with Gasteiger partial charge in [0.1, 0.15) is 4.90 Å². The van der Waals surface area contributed by atoms with Crippen LogP contribution in [0.4, 0.5) is 11.4 Å². The third-order valence-corrected chi connectivity index (χ3v) is 3.18. The number of hydrogen-bond donors (Lipinski definition) is 3. The summed E-state index contributed by atoms with van der Waals surface area (Å²) in [6, 6.07) is 14.0. The van der Waals surface area contributed by atoms with E-state index in [1.807, 2.05) is 18.2 Å². The number of benzene rings is 2. The Hall–Kier alpha value is -1.52. The summed E-state index contributed by atoms with van der Waals surface area (Å²) in [5.41, 5.74) is 12.2. The van der Waals surface area contributed by atoms with Gasteiger partial charge in [-0.3, -0.25) is 4.55 Å². The lowest BCUT2D eigenvalue weighted by Gasteiger charge is -2.01. The van der Waals surface area contributed by atoms with Crippen molar-refractivity contribution in [3.63, 3.8) is 0 Å². The van der Waals surface area contributed by atoms with Gasteiger partial charge in [0, 0.05) is 23.0 Å². The Bertz CT molecular complexity index is 646. The molecule has 0 heterocycles. The highest BCUT2D eigenvalue weighted by Crippen LogP contribution is 2.19. The van der Waals surface area contributed by atoms with Gasteiger partial charge in [0.05, 0.1) is 5.69 Å². The molecule has 3 radical (unpaired) electrons. The van der Waals surface area contributed by atoms with Crippen molar-refractivity contribution in [3.8, 4) is 0 Å². The minimum atomic E-state index is -4.23. The molecule has 0 aliphatic heterocycles. The fourth-order valence-corrected chi connectivity index (χ4v) is 1.93. The molecule has 0 aliphatic carbocycles. The van der Waals surface area contributed by atoms with Gasteiger partial charge in [-0.25, -0.2) is 0 Å². The summed E-state index contributed by atoms with van der Waals surface area (Å²) < 4.78 is 29.8. The fraction of sp³-hybridized carbons (Fsp3) is 0.0769. The van der Waals surface area contributed by atoms with Crippen molar-refractivity contribution in [2.24, 2.45) is 0 Å². The van der Waals surface area contributed by atoms with Gasteiger partial charge in [-0.2, -0.15) is 8.42 Å². The topological polar surface area (TPSA) is 106 Å². The zero-order valence-corrected chi connectivity index (χ0v) is 13.0. The molecule has 2 rings (SSSR count). The summed E-state index contributed by atoms with van der Waals surface area (Å²) in [6.07, 6.45) is 0. The molecular formula is C13H16AlN2O3S. The second-order valence-corrected chi connectivity index (χ2v) is 5.32. The average molecular weight is 307 g/mol. The van der Waals surface area contributed by atoms with Crippen molar-refractivity contribution in [1.29, 1.82) is 0 Å². The Morgan fingerprint density at radius 3 is 1.90 bits per heavy atom. The number of nitrogens with two attached hydrogens (primary N) is 2. The Balaban J connectivity index is 0.000000387. The largest absolute Gasteiger partial charge is 0.399 e. The van der Waals surface area contributed by atoms with E-state index in [1.165, 1.54) is 17.7 Å². The molecule has 0 spiro atoms. The second kappa shape index (κ2) is 7.92. The predicted octanol–water partition coefficient (Wildman–Crippen LogP) is 1.71. The monoisotopic (exact) mass is 307 g/mol. The van der Waals surface area contributed by atoms with Crippen LogP contribution in [0, 0.1) is 6.92 Å². The van der Waals surface area contributed by atoms with E-state index in [-0.39, 0.29) is 27.9 Å². The smallest absolute Gasteiger partial charge is 0.296 e. The number of anilines is 2. The summed E-state index contributed by atoms with van der Waals surface area (Å²) in [4.78, 5) is -0.322. The van der Waals surface area contributed by atoms with E-state index in [2.05, 4.69) is 19.1 Å². The lowest BCUT2D eigenvalue weighted by Crippen LogP contribution is -2.03. The van der Waals surface area contributed by atoms with E-state index in [4.69, 9.17) is 16.0 Å². The Morgan fingerprint density at radius 2 is 1.55 bits per heavy atom. The first-order chi connectivity index (χ1) is 8.80. The van der Waals surface area contributed by atoms with Crippen LogP contribution in [0.3, 0.4) is 0 Å². The van der Waals surface area contributed by atoms with Crippen LogP contribution in [-0.4, -0.2) is 30.3 Å². The molecule has 7 heteroatoms. The van der Waals surface area contributed by atoms with E-state index in [0.29, 0.717) is 5.69 Å². The minimum absolute atomic E-state index is 0. The highest BCUT2D eigenvalue weighted by molar-refractivity contribution is 7.86. The molecule has 20 heavy (non-hydrogen) atoms. The third kappa shape index (κ3) is 6.08. The molecule has 0 bridgehead atoms. The molecule has 5 N–H and O–H groups in total. The van der Waals surface area contributed by atoms with E-state index in [0.717, 1.165) is 6.07 Å². The maximum Gasteiger partial charge on any atom is 0.296 e. The highest BCUT2D eigenvalue weighted by Gasteiger charge is 2.12. The lowest BCUT2D eigenvalue weighted by molar-refractivity contribution is 0.483. The molecular weight excluding hydrogens is 291 g/mol. The molecule has 5 nitrogen and oxygen atoms in total. The van der Waals surface area contributed by atoms with Crippen molar-refractivity contribution >= 4 is 38.9 Å². The predicted molar refractivity (Wildman–Crippen MR) is 82.0 cm³/mol. The van der Waals surface area contributed by atoms with Gasteiger partial charge in [-0.1, -0.05) is 35.9 Å². The Morgan fingerprint density at radius 1 is 1.00 bits per heavy atom. The quantitative estimate of drug-likeness (QED) is 0.422. The SMILES string of the molecule is Cc1ccccc1.Nc1ccc(S(=O)(=O)O)c(N)c1.[Al]. The van der Waals surface area contributed by atoms with Gasteiger partial charge in [-0.15, -0.1) is 0 Å². The van der Waals surface area contributed by atoms with Gasteiger partial charge < -0.3 is 11.5 Å². The van der Waals surface area contributed by atoms with Gasteiger partial charge in [0.2, 0.25) is 0 Å². The Kier molecular flexibility index (Phi) is 7.32. The minimum Gasteiger partial charge on any atom is -0.399 e. The second-order valence-electron chi connectivity index (χ2n) is 3.93. The van der Waals surface area contributed by atoms with Crippen molar-refractivity contribution < 1.29 is 13.0 Å². The molecule has 2 aromatic carbocycles. The van der Waals surface area contributed by atoms with Crippen molar-refractivity contribution in [2.45, 2.75) is 11.8 Å². The molecule has 0 aromatic heterocycles. The van der Waals surface area contributed by atoms with Crippen molar-refractivity contribution in [1.82, 2.24) is 0 Å². The summed E-state index contributed by atoms with van der Waals surface area (Å²) in [7, 11) is -4.23. The molecule has 0 unspecified atom stereocenters. The normalized spacial score (nSPS) is 9.90. The lowest BCUT2D eigenvalue weighted by atomic mass is 10.2. The van der Waals surface area contributed by atoms with Crippen LogP contribution < -0.4 is 11.5 Å². The summed E-state index contributed by atoms with van der Waals surface area (Å²) in [6.45, 7) is 2.08. The molecule has 105 valence electrons. The average Bonchev–Trinajstić information content (AvgIpc) is 2.28. The molecule has 0 aliphatic rings. The third-order valence-electron chi connectivity index (χ3n) is 2.25. The van der Waals surface area contributed by atoms with Crippen LogP contribution in [-0.2, 0) is 10.1 Å². The van der Waals surface area contributed by atoms with Gasteiger partial charge in [0.25, 0.3) is 10.1 Å². The zero-order chi connectivity index (χ0) is 14.5. The van der Waals surface area contributed by atoms with Crippen molar-refractivity contribution in [2.75, 3.05) is 11.5 Å². The zero-order valence-electron chi connectivity index (χ0n) is 11.0. The van der Waals surface area contributed by atoms with E-state index < -0.39 is 10.1 Å². The highest BCUT2D eigenvalue weighted by atomic mass is 32.2. The number of rotatable bonds is 1. The molecule has 0 fully saturated rings. The number of nitrogen functional groups attached to an aromatic ring is 2. The van der Waals surface area contributed by atoms with Crippen LogP contribution in [0.25, 0.3) is 0 Å². The summed E-state index contributed by atoms with van der Waals surface area (Å²) >= 11 is 0. The molecule has 0 saturated carbocycles. The summed E-state index contributed by atoms with van der Waals surface area (Å²) in [5, 5.41) is 0. The van der Waals surface area contributed by atoms with E-state index in [9.17, 15) is 8.42 Å². The maximum absolute atomic E-state index is 10.6. The first-order valence-corrected chi connectivity index (χ1v) is 6.89. The Labute approximate surface area is 129 Å². The van der Waals surface area contributed by atoms with Crippen LogP contribution in [0.5, 0.6) is 0 Å².